The van der Waals surface area contributed by atoms with Crippen LogP contribution in [0.15, 0.2) is 47.2 Å². The molecule has 5 aromatic rings. The van der Waals surface area contributed by atoms with Crippen molar-refractivity contribution in [3.8, 4) is 22.9 Å². The molecule has 2 heterocycles. The van der Waals surface area contributed by atoms with E-state index in [4.69, 9.17) is 0 Å². The van der Waals surface area contributed by atoms with Gasteiger partial charge in [-0.15, -0.1) is 33.8 Å². The standard InChI is InChI=1S/C50H70S2Si2/c1-11-13-15-17-19-21-29-53(37(3)4,38(5)6)31-25-43-45-33-41-23-27-52-50(41)36-48(45)44(46-34-42-24-28-51-49(42)35-47(43)46)26-32-54(39(7)8,40(9)10)30-22-20-18-16-14-12-2/h23-24,27-28,33-40H,11-22,29-30H2,1-10H3. The zero-order valence-electron chi connectivity index (χ0n) is 35.6. The third-order valence-electron chi connectivity index (χ3n) is 13.1. The number of rotatable bonds is 18. The lowest BCUT2D eigenvalue weighted by Crippen LogP contribution is -2.40. The Morgan fingerprint density at radius 1 is 0.463 bits per heavy atom. The van der Waals surface area contributed by atoms with E-state index in [-0.39, 0.29) is 0 Å². The van der Waals surface area contributed by atoms with E-state index in [1.807, 2.05) is 22.7 Å². The molecule has 0 bridgehead atoms. The summed E-state index contributed by atoms with van der Waals surface area (Å²) in [6.45, 7) is 24.4. The highest BCUT2D eigenvalue weighted by atomic mass is 32.1. The van der Waals surface area contributed by atoms with Crippen LogP contribution in [0.2, 0.25) is 34.3 Å². The summed E-state index contributed by atoms with van der Waals surface area (Å²) < 4.78 is 2.69. The maximum Gasteiger partial charge on any atom is 0.143 e. The van der Waals surface area contributed by atoms with Gasteiger partial charge < -0.3 is 0 Å². The smallest absolute Gasteiger partial charge is 0.143 e. The van der Waals surface area contributed by atoms with Crippen molar-refractivity contribution in [2.45, 2.75) is 181 Å². The topological polar surface area (TPSA) is 0 Å². The average Bonchev–Trinajstić information content (AvgIpc) is 3.80. The first-order valence-electron chi connectivity index (χ1n) is 21.8. The van der Waals surface area contributed by atoms with E-state index in [1.165, 1.54) is 142 Å². The fourth-order valence-electron chi connectivity index (χ4n) is 9.35. The van der Waals surface area contributed by atoms with E-state index in [0.717, 1.165) is 0 Å². The maximum atomic E-state index is 4.23. The van der Waals surface area contributed by atoms with Gasteiger partial charge in [-0.3, -0.25) is 0 Å². The summed E-state index contributed by atoms with van der Waals surface area (Å²) in [5.41, 5.74) is 13.4. The van der Waals surface area contributed by atoms with E-state index < -0.39 is 16.1 Å². The summed E-state index contributed by atoms with van der Waals surface area (Å²) in [5.74, 6) is 8.15. The van der Waals surface area contributed by atoms with Gasteiger partial charge in [0.2, 0.25) is 0 Å². The van der Waals surface area contributed by atoms with Crippen LogP contribution in [0.25, 0.3) is 41.7 Å². The molecule has 0 atom stereocenters. The monoisotopic (exact) mass is 790 g/mol. The van der Waals surface area contributed by atoms with Crippen molar-refractivity contribution < 1.29 is 0 Å². The van der Waals surface area contributed by atoms with Gasteiger partial charge in [-0.25, -0.2) is 0 Å². The average molecular weight is 791 g/mol. The number of benzene rings is 3. The molecule has 54 heavy (non-hydrogen) atoms. The van der Waals surface area contributed by atoms with E-state index in [1.54, 1.807) is 0 Å². The molecule has 0 fully saturated rings. The van der Waals surface area contributed by atoms with Crippen molar-refractivity contribution in [2.75, 3.05) is 0 Å². The minimum Gasteiger partial charge on any atom is -0.144 e. The van der Waals surface area contributed by atoms with Gasteiger partial charge in [0.15, 0.2) is 0 Å². The Hall–Kier alpha value is -2.35. The molecular weight excluding hydrogens is 721 g/mol. The van der Waals surface area contributed by atoms with Crippen molar-refractivity contribution in [1.29, 1.82) is 0 Å². The van der Waals surface area contributed by atoms with E-state index in [0.29, 0.717) is 22.2 Å². The lowest BCUT2D eigenvalue weighted by atomic mass is 9.91. The van der Waals surface area contributed by atoms with Gasteiger partial charge in [-0.2, -0.15) is 0 Å². The minimum atomic E-state index is -1.94. The molecule has 2 aromatic heterocycles. The number of thiophene rings is 2. The largest absolute Gasteiger partial charge is 0.144 e. The van der Waals surface area contributed by atoms with Crippen LogP contribution in [0, 0.1) is 22.9 Å². The Bertz CT molecular complexity index is 1850. The third-order valence-corrected chi connectivity index (χ3v) is 26.7. The molecule has 0 saturated heterocycles. The first-order chi connectivity index (χ1) is 26.0. The molecule has 0 radical (unpaired) electrons. The Morgan fingerprint density at radius 2 is 0.796 bits per heavy atom. The van der Waals surface area contributed by atoms with E-state index >= 15 is 0 Å². The van der Waals surface area contributed by atoms with Crippen molar-refractivity contribution in [3.63, 3.8) is 0 Å². The quantitative estimate of drug-likeness (QED) is 0.0359. The summed E-state index contributed by atoms with van der Waals surface area (Å²) in [7, 11) is -3.88. The first-order valence-corrected chi connectivity index (χ1v) is 28.3. The maximum absolute atomic E-state index is 4.23. The third kappa shape index (κ3) is 9.43. The van der Waals surface area contributed by atoms with Crippen molar-refractivity contribution in [2.24, 2.45) is 0 Å². The molecule has 0 aliphatic rings. The SMILES string of the molecule is CCCCCCCC[Si](C#Cc1c2cc3ccsc3cc2c(C#C[Si](CCCCCCCC)(C(C)C)C(C)C)c2cc3ccsc3cc12)(C(C)C)C(C)C. The lowest BCUT2D eigenvalue weighted by molar-refractivity contribution is 0.620. The summed E-state index contributed by atoms with van der Waals surface area (Å²) >= 11 is 3.71. The number of unbranched alkanes of at least 4 members (excludes halogenated alkanes) is 10. The first kappa shape index (κ1) is 42.8. The van der Waals surface area contributed by atoms with Gasteiger partial charge >= 0.3 is 0 Å². The fourth-order valence-corrected chi connectivity index (χ4v) is 19.7. The van der Waals surface area contributed by atoms with Crippen LogP contribution in [-0.2, 0) is 0 Å². The Morgan fingerprint density at radius 3 is 1.15 bits per heavy atom. The normalized spacial score (nSPS) is 12.6. The Labute approximate surface area is 340 Å². The van der Waals surface area contributed by atoms with Crippen molar-refractivity contribution in [1.82, 2.24) is 0 Å². The van der Waals surface area contributed by atoms with Gasteiger partial charge in [0.25, 0.3) is 0 Å². The Kier molecular flexibility index (Phi) is 15.6. The zero-order valence-corrected chi connectivity index (χ0v) is 39.3. The second-order valence-corrected chi connectivity index (χ2v) is 29.9. The van der Waals surface area contributed by atoms with Gasteiger partial charge in [0.05, 0.1) is 0 Å². The molecule has 0 N–H and O–H groups in total. The highest BCUT2D eigenvalue weighted by molar-refractivity contribution is 7.17. The number of hydrogen-bond donors (Lipinski definition) is 0. The molecule has 0 spiro atoms. The van der Waals surface area contributed by atoms with Crippen LogP contribution < -0.4 is 0 Å². The molecule has 0 nitrogen and oxygen atoms in total. The zero-order chi connectivity index (χ0) is 38.9. The van der Waals surface area contributed by atoms with Gasteiger partial charge in [0.1, 0.15) is 16.1 Å². The molecule has 0 unspecified atom stereocenters. The molecule has 290 valence electrons. The molecule has 4 heteroatoms. The summed E-state index contributed by atoms with van der Waals surface area (Å²) in [4.78, 5) is 0. The number of hydrogen-bond acceptors (Lipinski definition) is 2. The second-order valence-electron chi connectivity index (χ2n) is 17.7. The predicted octanol–water partition coefficient (Wildman–Crippen LogP) is 17.5. The van der Waals surface area contributed by atoms with Crippen molar-refractivity contribution in [3.05, 3.63) is 58.3 Å². The van der Waals surface area contributed by atoms with Gasteiger partial charge in [0, 0.05) is 31.3 Å². The molecule has 0 aliphatic heterocycles. The highest BCUT2D eigenvalue weighted by Crippen LogP contribution is 2.42. The van der Waals surface area contributed by atoms with Crippen molar-refractivity contribution >= 4 is 80.5 Å². The molecular formula is C50H70S2Si2. The summed E-state index contributed by atoms with van der Waals surface area (Å²) in [6, 6.07) is 17.1. The van der Waals surface area contributed by atoms with E-state index in [9.17, 15) is 0 Å². The molecule has 5 rings (SSSR count). The summed E-state index contributed by atoms with van der Waals surface area (Å²) in [6.07, 6.45) is 16.1. The van der Waals surface area contributed by atoms with Crippen LogP contribution in [0.4, 0.5) is 0 Å². The second kappa shape index (κ2) is 19.7. The lowest BCUT2D eigenvalue weighted by Gasteiger charge is -2.34. The van der Waals surface area contributed by atoms with Crippen LogP contribution in [0.5, 0.6) is 0 Å². The van der Waals surface area contributed by atoms with E-state index in [2.05, 4.69) is 139 Å². The van der Waals surface area contributed by atoms with Crippen LogP contribution in [0.3, 0.4) is 0 Å². The van der Waals surface area contributed by atoms with Crippen LogP contribution in [0.1, 0.15) is 157 Å². The highest BCUT2D eigenvalue weighted by Gasteiger charge is 2.39. The predicted molar refractivity (Wildman–Crippen MR) is 254 cm³/mol. The molecule has 3 aromatic carbocycles. The van der Waals surface area contributed by atoms with Gasteiger partial charge in [-0.1, -0.05) is 158 Å². The number of fused-ring (bicyclic) bond motifs is 4. The molecule has 0 amide bonds. The fraction of sp³-hybridized carbons (Fsp3) is 0.560. The molecule has 0 saturated carbocycles. The van der Waals surface area contributed by atoms with Crippen LogP contribution >= 0.6 is 22.7 Å². The minimum absolute atomic E-state index is 0.618. The van der Waals surface area contributed by atoms with Crippen LogP contribution in [-0.4, -0.2) is 16.1 Å². The van der Waals surface area contributed by atoms with Gasteiger partial charge in [-0.05, 0) is 103 Å². The Balaban J connectivity index is 1.74. The summed E-state index contributed by atoms with van der Waals surface area (Å²) in [5, 5.41) is 12.4. The molecule has 0 aliphatic carbocycles.